The minimum atomic E-state index is -0.544. The number of amides is 1. The molecule has 0 spiro atoms. The topological polar surface area (TPSA) is 66.6 Å². The zero-order chi connectivity index (χ0) is 12.7. The van der Waals surface area contributed by atoms with Gasteiger partial charge in [0, 0.05) is 25.1 Å². The van der Waals surface area contributed by atoms with Gasteiger partial charge < -0.3 is 15.7 Å². The number of aliphatic hydroxyl groups is 1. The predicted octanol–water partition coefficient (Wildman–Crippen LogP) is 1.37. The SMILES string of the molecule is CN(CCCCCO)C(=O)C(N)c1cccs1. The average molecular weight is 256 g/mol. The first-order valence-corrected chi connectivity index (χ1v) is 6.69. The smallest absolute Gasteiger partial charge is 0.244 e. The molecule has 0 aliphatic carbocycles. The third kappa shape index (κ3) is 4.46. The van der Waals surface area contributed by atoms with Gasteiger partial charge in [-0.05, 0) is 30.7 Å². The van der Waals surface area contributed by atoms with Gasteiger partial charge in [-0.1, -0.05) is 6.07 Å². The molecular formula is C12H20N2O2S. The van der Waals surface area contributed by atoms with E-state index < -0.39 is 6.04 Å². The second-order valence-corrected chi connectivity index (χ2v) is 5.02. The molecule has 0 aromatic carbocycles. The Labute approximate surface area is 106 Å². The van der Waals surface area contributed by atoms with E-state index >= 15 is 0 Å². The molecule has 1 amide bonds. The van der Waals surface area contributed by atoms with Crippen LogP contribution in [0.1, 0.15) is 30.2 Å². The van der Waals surface area contributed by atoms with Crippen molar-refractivity contribution < 1.29 is 9.90 Å². The van der Waals surface area contributed by atoms with E-state index in [1.807, 2.05) is 17.5 Å². The number of nitrogens with zero attached hydrogens (tertiary/aromatic N) is 1. The summed E-state index contributed by atoms with van der Waals surface area (Å²) in [6, 6.07) is 3.24. The average Bonchev–Trinajstić information content (AvgIpc) is 2.86. The molecule has 4 nitrogen and oxygen atoms in total. The van der Waals surface area contributed by atoms with Crippen molar-refractivity contribution in [3.8, 4) is 0 Å². The Kier molecular flexibility index (Phi) is 6.18. The highest BCUT2D eigenvalue weighted by Gasteiger charge is 2.19. The van der Waals surface area contributed by atoms with Gasteiger partial charge in [0.25, 0.3) is 0 Å². The lowest BCUT2D eigenvalue weighted by atomic mass is 10.2. The molecule has 1 aromatic rings. The Morgan fingerprint density at radius 3 is 2.88 bits per heavy atom. The van der Waals surface area contributed by atoms with Crippen molar-refractivity contribution >= 4 is 17.2 Å². The Morgan fingerprint density at radius 1 is 1.53 bits per heavy atom. The van der Waals surface area contributed by atoms with Crippen molar-refractivity contribution in [2.24, 2.45) is 5.73 Å². The van der Waals surface area contributed by atoms with E-state index in [1.54, 1.807) is 11.9 Å². The van der Waals surface area contributed by atoms with E-state index in [-0.39, 0.29) is 12.5 Å². The lowest BCUT2D eigenvalue weighted by molar-refractivity contribution is -0.131. The zero-order valence-corrected chi connectivity index (χ0v) is 10.9. The Balaban J connectivity index is 2.36. The summed E-state index contributed by atoms with van der Waals surface area (Å²) in [4.78, 5) is 14.5. The van der Waals surface area contributed by atoms with Crippen LogP contribution in [0.15, 0.2) is 17.5 Å². The van der Waals surface area contributed by atoms with Gasteiger partial charge >= 0.3 is 0 Å². The second-order valence-electron chi connectivity index (χ2n) is 4.04. The highest BCUT2D eigenvalue weighted by molar-refractivity contribution is 7.10. The van der Waals surface area contributed by atoms with Crippen LogP contribution in [0.5, 0.6) is 0 Å². The maximum atomic E-state index is 12.0. The Morgan fingerprint density at radius 2 is 2.29 bits per heavy atom. The summed E-state index contributed by atoms with van der Waals surface area (Å²) in [5, 5.41) is 10.6. The number of aliphatic hydroxyl groups excluding tert-OH is 1. The first-order valence-electron chi connectivity index (χ1n) is 5.81. The molecule has 0 fully saturated rings. The van der Waals surface area contributed by atoms with Crippen LogP contribution in [0.25, 0.3) is 0 Å². The molecule has 1 heterocycles. The maximum Gasteiger partial charge on any atom is 0.244 e. The fourth-order valence-corrected chi connectivity index (χ4v) is 2.29. The van der Waals surface area contributed by atoms with E-state index in [0.29, 0.717) is 6.54 Å². The molecule has 3 N–H and O–H groups in total. The summed E-state index contributed by atoms with van der Waals surface area (Å²) in [5.74, 6) is -0.0450. The molecule has 0 aliphatic rings. The largest absolute Gasteiger partial charge is 0.396 e. The van der Waals surface area contributed by atoms with E-state index in [1.165, 1.54) is 11.3 Å². The molecule has 0 saturated carbocycles. The number of rotatable bonds is 7. The Bertz CT molecular complexity index is 327. The monoisotopic (exact) mass is 256 g/mol. The number of thiophene rings is 1. The fourth-order valence-electron chi connectivity index (χ4n) is 1.58. The molecule has 0 bridgehead atoms. The maximum absolute atomic E-state index is 12.0. The third-order valence-corrected chi connectivity index (χ3v) is 3.60. The molecule has 0 radical (unpaired) electrons. The van der Waals surface area contributed by atoms with Gasteiger partial charge in [-0.15, -0.1) is 11.3 Å². The van der Waals surface area contributed by atoms with Gasteiger partial charge in [0.05, 0.1) is 0 Å². The van der Waals surface area contributed by atoms with Crippen molar-refractivity contribution in [3.05, 3.63) is 22.4 Å². The lowest BCUT2D eigenvalue weighted by Crippen LogP contribution is -2.36. The number of hydrogen-bond donors (Lipinski definition) is 2. The van der Waals surface area contributed by atoms with Crippen molar-refractivity contribution in [3.63, 3.8) is 0 Å². The number of nitrogens with two attached hydrogens (primary N) is 1. The molecule has 17 heavy (non-hydrogen) atoms. The first-order chi connectivity index (χ1) is 8.16. The zero-order valence-electron chi connectivity index (χ0n) is 10.1. The molecule has 0 aliphatic heterocycles. The summed E-state index contributed by atoms with van der Waals surface area (Å²) in [6.07, 6.45) is 2.63. The summed E-state index contributed by atoms with van der Waals surface area (Å²) in [5.41, 5.74) is 5.89. The van der Waals surface area contributed by atoms with Crippen LogP contribution < -0.4 is 5.73 Å². The van der Waals surface area contributed by atoms with Gasteiger partial charge in [0.15, 0.2) is 0 Å². The summed E-state index contributed by atoms with van der Waals surface area (Å²) >= 11 is 1.50. The second kappa shape index (κ2) is 7.42. The molecule has 1 aromatic heterocycles. The molecule has 1 atom stereocenters. The van der Waals surface area contributed by atoms with Crippen LogP contribution >= 0.6 is 11.3 Å². The van der Waals surface area contributed by atoms with Crippen molar-refractivity contribution in [1.82, 2.24) is 4.90 Å². The number of carbonyl (C=O) groups excluding carboxylic acids is 1. The fraction of sp³-hybridized carbons (Fsp3) is 0.583. The lowest BCUT2D eigenvalue weighted by Gasteiger charge is -2.20. The van der Waals surface area contributed by atoms with Gasteiger partial charge in [-0.3, -0.25) is 4.79 Å². The highest BCUT2D eigenvalue weighted by Crippen LogP contribution is 2.18. The van der Waals surface area contributed by atoms with Crippen LogP contribution in [0.4, 0.5) is 0 Å². The molecule has 5 heteroatoms. The molecule has 96 valence electrons. The van der Waals surface area contributed by atoms with Crippen LogP contribution in [0.3, 0.4) is 0 Å². The van der Waals surface area contributed by atoms with Gasteiger partial charge in [-0.25, -0.2) is 0 Å². The molecule has 0 saturated heterocycles. The van der Waals surface area contributed by atoms with Crippen molar-refractivity contribution in [2.45, 2.75) is 25.3 Å². The molecular weight excluding hydrogens is 236 g/mol. The number of carbonyl (C=O) groups is 1. The van der Waals surface area contributed by atoms with E-state index in [2.05, 4.69) is 0 Å². The minimum absolute atomic E-state index is 0.0450. The van der Waals surface area contributed by atoms with E-state index in [0.717, 1.165) is 24.1 Å². The Hall–Kier alpha value is -0.910. The molecule has 1 unspecified atom stereocenters. The normalized spacial score (nSPS) is 12.4. The van der Waals surface area contributed by atoms with Gasteiger partial charge in [0.2, 0.25) is 5.91 Å². The number of hydrogen-bond acceptors (Lipinski definition) is 4. The van der Waals surface area contributed by atoms with Crippen LogP contribution in [0.2, 0.25) is 0 Å². The van der Waals surface area contributed by atoms with Crippen LogP contribution in [0, 0.1) is 0 Å². The number of unbranched alkanes of at least 4 members (excludes halogenated alkanes) is 2. The van der Waals surface area contributed by atoms with E-state index in [4.69, 9.17) is 10.8 Å². The van der Waals surface area contributed by atoms with E-state index in [9.17, 15) is 4.79 Å². The quantitative estimate of drug-likeness (QED) is 0.724. The summed E-state index contributed by atoms with van der Waals surface area (Å²) in [6.45, 7) is 0.907. The molecule has 1 rings (SSSR count). The van der Waals surface area contributed by atoms with Gasteiger partial charge in [0.1, 0.15) is 6.04 Å². The highest BCUT2D eigenvalue weighted by atomic mass is 32.1. The van der Waals surface area contributed by atoms with Gasteiger partial charge in [-0.2, -0.15) is 0 Å². The standard InChI is InChI=1S/C12H20N2O2S/c1-14(7-3-2-4-8-15)12(16)11(13)10-6-5-9-17-10/h5-6,9,11,15H,2-4,7-8,13H2,1H3. The van der Waals surface area contributed by atoms with Crippen LogP contribution in [-0.2, 0) is 4.79 Å². The third-order valence-electron chi connectivity index (χ3n) is 2.64. The number of likely N-dealkylation sites (N-methyl/N-ethyl adjacent to an activating group) is 1. The summed E-state index contributed by atoms with van der Waals surface area (Å²) < 4.78 is 0. The van der Waals surface area contributed by atoms with Crippen molar-refractivity contribution in [2.75, 3.05) is 20.2 Å². The predicted molar refractivity (Wildman–Crippen MR) is 69.8 cm³/mol. The minimum Gasteiger partial charge on any atom is -0.396 e. The van der Waals surface area contributed by atoms with Crippen molar-refractivity contribution in [1.29, 1.82) is 0 Å². The van der Waals surface area contributed by atoms with Crippen LogP contribution in [-0.4, -0.2) is 36.1 Å². The summed E-state index contributed by atoms with van der Waals surface area (Å²) in [7, 11) is 1.77. The first kappa shape index (κ1) is 14.2.